The van der Waals surface area contributed by atoms with Crippen LogP contribution in [-0.4, -0.2) is 34.5 Å². The first-order valence-electron chi connectivity index (χ1n) is 19.6. The summed E-state index contributed by atoms with van der Waals surface area (Å²) in [4.78, 5) is 31.3. The highest BCUT2D eigenvalue weighted by Crippen LogP contribution is 2.42. The van der Waals surface area contributed by atoms with Gasteiger partial charge in [-0.3, -0.25) is 4.57 Å². The Labute approximate surface area is 340 Å². The number of aromatic nitrogens is 7. The van der Waals surface area contributed by atoms with E-state index in [-0.39, 0.29) is 0 Å². The Kier molecular flexibility index (Phi) is 8.33. The van der Waals surface area contributed by atoms with E-state index in [2.05, 4.69) is 108 Å². The van der Waals surface area contributed by atoms with Crippen molar-refractivity contribution in [2.75, 3.05) is 0 Å². The average molecular weight is 756 g/mol. The highest BCUT2D eigenvalue weighted by molar-refractivity contribution is 6.20. The fourth-order valence-corrected chi connectivity index (χ4v) is 7.90. The maximum Gasteiger partial charge on any atom is 0.238 e. The lowest BCUT2D eigenvalue weighted by molar-refractivity contribution is 0.953. The first kappa shape index (κ1) is 34.1. The molecule has 3 heterocycles. The molecule has 0 saturated heterocycles. The molecule has 11 aromatic rings. The molecule has 276 valence electrons. The zero-order valence-corrected chi connectivity index (χ0v) is 31.7. The Morgan fingerprint density at radius 3 is 1.24 bits per heavy atom. The Hall–Kier alpha value is -8.16. The van der Waals surface area contributed by atoms with Crippen LogP contribution in [0, 0.1) is 0 Å². The fourth-order valence-electron chi connectivity index (χ4n) is 7.90. The number of hydrogen-bond donors (Lipinski definition) is 0. The lowest BCUT2D eigenvalue weighted by atomic mass is 9.99. The standard InChI is InChI=1S/C52H33N7/c1-5-17-34(18-6-1)35-29-31-39(32-30-35)48-53-47(36-19-7-2-8-20-36)55-51(56-48)45-41-26-14-13-25-40(41)33-43-42-27-15-16-28-44(42)59(46(43)45)52-57-49(37-21-9-3-10-22-37)54-50(58-52)38-23-11-4-12-24-38/h1-33H. The van der Waals surface area contributed by atoms with Gasteiger partial charge in [0.15, 0.2) is 29.1 Å². The Bertz CT molecular complexity index is 3240. The molecule has 0 amide bonds. The van der Waals surface area contributed by atoms with Crippen LogP contribution in [-0.2, 0) is 0 Å². The molecule has 0 N–H and O–H groups in total. The number of fused-ring (bicyclic) bond motifs is 4. The fraction of sp³-hybridized carbons (Fsp3) is 0. The normalized spacial score (nSPS) is 11.4. The van der Waals surface area contributed by atoms with Gasteiger partial charge in [0.2, 0.25) is 5.95 Å². The van der Waals surface area contributed by atoms with Gasteiger partial charge in [0.1, 0.15) is 0 Å². The van der Waals surface area contributed by atoms with E-state index in [1.54, 1.807) is 0 Å². The Morgan fingerprint density at radius 1 is 0.288 bits per heavy atom. The molecule has 8 aromatic carbocycles. The van der Waals surface area contributed by atoms with E-state index in [4.69, 9.17) is 29.9 Å². The monoisotopic (exact) mass is 755 g/mol. The second-order valence-corrected chi connectivity index (χ2v) is 14.4. The summed E-state index contributed by atoms with van der Waals surface area (Å²) in [6.45, 7) is 0. The molecule has 0 spiro atoms. The smallest absolute Gasteiger partial charge is 0.238 e. The average Bonchev–Trinajstić information content (AvgIpc) is 3.65. The van der Waals surface area contributed by atoms with Crippen molar-refractivity contribution >= 4 is 32.6 Å². The topological polar surface area (TPSA) is 82.3 Å². The third-order valence-corrected chi connectivity index (χ3v) is 10.7. The maximum atomic E-state index is 5.35. The van der Waals surface area contributed by atoms with E-state index in [0.717, 1.165) is 71.5 Å². The minimum absolute atomic E-state index is 0.495. The van der Waals surface area contributed by atoms with E-state index in [1.807, 2.05) is 97.1 Å². The molecule has 0 aliphatic heterocycles. The van der Waals surface area contributed by atoms with Crippen molar-refractivity contribution in [3.63, 3.8) is 0 Å². The third kappa shape index (κ3) is 6.18. The molecular weight excluding hydrogens is 723 g/mol. The summed E-state index contributed by atoms with van der Waals surface area (Å²) in [5.74, 6) is 3.36. The van der Waals surface area contributed by atoms with Crippen molar-refractivity contribution in [2.24, 2.45) is 0 Å². The Balaban J connectivity index is 1.23. The van der Waals surface area contributed by atoms with Gasteiger partial charge in [0.05, 0.1) is 16.6 Å². The van der Waals surface area contributed by atoms with Crippen molar-refractivity contribution in [3.05, 3.63) is 200 Å². The minimum atomic E-state index is 0.495. The van der Waals surface area contributed by atoms with E-state index in [0.29, 0.717) is 35.1 Å². The summed E-state index contributed by atoms with van der Waals surface area (Å²) in [5, 5.41) is 4.17. The first-order valence-corrected chi connectivity index (χ1v) is 19.6. The molecule has 0 unspecified atom stereocenters. The molecule has 0 atom stereocenters. The number of hydrogen-bond acceptors (Lipinski definition) is 6. The molecule has 0 bridgehead atoms. The largest absolute Gasteiger partial charge is 0.277 e. The highest BCUT2D eigenvalue weighted by Gasteiger charge is 2.25. The molecule has 0 fully saturated rings. The summed E-state index contributed by atoms with van der Waals surface area (Å²) in [7, 11) is 0. The number of para-hydroxylation sites is 1. The molecule has 0 saturated carbocycles. The number of benzene rings is 8. The highest BCUT2D eigenvalue weighted by atomic mass is 15.2. The van der Waals surface area contributed by atoms with Gasteiger partial charge in [-0.15, -0.1) is 0 Å². The van der Waals surface area contributed by atoms with Crippen LogP contribution in [0.2, 0.25) is 0 Å². The van der Waals surface area contributed by atoms with Gasteiger partial charge in [-0.25, -0.2) is 19.9 Å². The van der Waals surface area contributed by atoms with Crippen LogP contribution in [0.4, 0.5) is 0 Å². The predicted octanol–water partition coefficient (Wildman–Crippen LogP) is 12.3. The maximum absolute atomic E-state index is 5.35. The van der Waals surface area contributed by atoms with Gasteiger partial charge in [-0.1, -0.05) is 188 Å². The molecule has 3 aromatic heterocycles. The zero-order chi connectivity index (χ0) is 39.1. The Morgan fingerprint density at radius 2 is 0.678 bits per heavy atom. The molecule has 0 aliphatic carbocycles. The van der Waals surface area contributed by atoms with Crippen molar-refractivity contribution < 1.29 is 0 Å². The molecule has 0 aliphatic rings. The van der Waals surface area contributed by atoms with Crippen LogP contribution in [0.5, 0.6) is 0 Å². The SMILES string of the molecule is c1ccc(-c2ccc(-c3nc(-c4ccccc4)nc(-c4c5ccccc5cc5c6ccccc6n(-c6nc(-c7ccccc7)nc(-c7ccccc7)n6)c45)n3)cc2)cc1. The van der Waals surface area contributed by atoms with Gasteiger partial charge < -0.3 is 0 Å². The number of rotatable bonds is 7. The molecule has 7 nitrogen and oxygen atoms in total. The van der Waals surface area contributed by atoms with E-state index in [1.165, 1.54) is 0 Å². The summed E-state index contributed by atoms with van der Waals surface area (Å²) in [5.41, 5.74) is 8.55. The molecule has 11 rings (SSSR count). The van der Waals surface area contributed by atoms with Gasteiger partial charge in [0, 0.05) is 33.0 Å². The predicted molar refractivity (Wildman–Crippen MR) is 238 cm³/mol. The van der Waals surface area contributed by atoms with Crippen LogP contribution < -0.4 is 0 Å². The second kappa shape index (κ2) is 14.4. The van der Waals surface area contributed by atoms with Crippen LogP contribution in [0.15, 0.2) is 200 Å². The summed E-state index contributed by atoms with van der Waals surface area (Å²) in [6, 6.07) is 68.2. The van der Waals surface area contributed by atoms with Gasteiger partial charge in [-0.2, -0.15) is 9.97 Å². The van der Waals surface area contributed by atoms with Crippen molar-refractivity contribution in [1.29, 1.82) is 0 Å². The van der Waals surface area contributed by atoms with E-state index >= 15 is 0 Å². The summed E-state index contributed by atoms with van der Waals surface area (Å²) < 4.78 is 2.16. The van der Waals surface area contributed by atoms with Crippen LogP contribution in [0.1, 0.15) is 0 Å². The van der Waals surface area contributed by atoms with Crippen LogP contribution in [0.3, 0.4) is 0 Å². The van der Waals surface area contributed by atoms with Crippen LogP contribution >= 0.6 is 0 Å². The second-order valence-electron chi connectivity index (χ2n) is 14.4. The third-order valence-electron chi connectivity index (χ3n) is 10.7. The van der Waals surface area contributed by atoms with E-state index in [9.17, 15) is 0 Å². The van der Waals surface area contributed by atoms with Crippen molar-refractivity contribution in [1.82, 2.24) is 34.5 Å². The number of nitrogens with zero attached hydrogens (tertiary/aromatic N) is 7. The molecule has 0 radical (unpaired) electrons. The molecular formula is C52H33N7. The van der Waals surface area contributed by atoms with Crippen molar-refractivity contribution in [3.8, 4) is 74.0 Å². The van der Waals surface area contributed by atoms with Gasteiger partial charge >= 0.3 is 0 Å². The first-order chi connectivity index (χ1) is 29.2. The lowest BCUT2D eigenvalue weighted by Gasteiger charge is -2.15. The lowest BCUT2D eigenvalue weighted by Crippen LogP contribution is -2.08. The minimum Gasteiger partial charge on any atom is -0.277 e. The van der Waals surface area contributed by atoms with Gasteiger partial charge in [-0.05, 0) is 34.0 Å². The summed E-state index contributed by atoms with van der Waals surface area (Å²) >= 11 is 0. The summed E-state index contributed by atoms with van der Waals surface area (Å²) in [6.07, 6.45) is 0. The van der Waals surface area contributed by atoms with Crippen molar-refractivity contribution in [2.45, 2.75) is 0 Å². The quantitative estimate of drug-likeness (QED) is 0.161. The van der Waals surface area contributed by atoms with E-state index < -0.39 is 0 Å². The van der Waals surface area contributed by atoms with Crippen LogP contribution in [0.25, 0.3) is 107 Å². The van der Waals surface area contributed by atoms with Gasteiger partial charge in [0.25, 0.3) is 0 Å². The molecule has 59 heavy (non-hydrogen) atoms. The zero-order valence-electron chi connectivity index (χ0n) is 31.7. The molecule has 7 heteroatoms.